The van der Waals surface area contributed by atoms with Crippen LogP contribution in [0.25, 0.3) is 0 Å². The van der Waals surface area contributed by atoms with Gasteiger partial charge in [0.1, 0.15) is 0 Å². The van der Waals surface area contributed by atoms with E-state index in [-0.39, 0.29) is 23.9 Å². The molecule has 0 unspecified atom stereocenters. The second-order valence-corrected chi connectivity index (χ2v) is 8.62. The third-order valence-electron chi connectivity index (χ3n) is 3.51. The molecule has 0 spiro atoms. The summed E-state index contributed by atoms with van der Waals surface area (Å²) < 4.78 is 26.7. The molecule has 0 bridgehead atoms. The van der Waals surface area contributed by atoms with Crippen molar-refractivity contribution in [2.24, 2.45) is 0 Å². The lowest BCUT2D eigenvalue weighted by Crippen LogP contribution is -2.40. The molecule has 7 nitrogen and oxygen atoms in total. The molecule has 1 aromatic carbocycles. The van der Waals surface area contributed by atoms with Gasteiger partial charge in [-0.3, -0.25) is 9.59 Å². The first kappa shape index (κ1) is 20.8. The Morgan fingerprint density at radius 1 is 1.22 bits per heavy atom. The van der Waals surface area contributed by atoms with Crippen LogP contribution in [0.1, 0.15) is 11.8 Å². The summed E-state index contributed by atoms with van der Waals surface area (Å²) in [5.74, 6) is -0.648. The van der Waals surface area contributed by atoms with Crippen molar-refractivity contribution in [1.29, 1.82) is 0 Å². The highest BCUT2D eigenvalue weighted by Crippen LogP contribution is 2.18. The second kappa shape index (κ2) is 9.45. The van der Waals surface area contributed by atoms with Crippen molar-refractivity contribution in [2.75, 3.05) is 18.4 Å². The zero-order valence-corrected chi connectivity index (χ0v) is 16.5. The topological polar surface area (TPSA) is 95.6 Å². The standard InChI is InChI=1S/C18H21N3O4S2/c1-3-10-21(13-18(23)19-12-16-5-4-11-26-16)27(24,25)17-8-6-15(7-9-17)20-14(2)22/h3-9,11H,1,10,12-13H2,2H3,(H,19,23)(H,20,22). The predicted octanol–water partition coefficient (Wildman–Crippen LogP) is 2.20. The molecule has 0 aliphatic rings. The van der Waals surface area contributed by atoms with Crippen LogP contribution < -0.4 is 10.6 Å². The van der Waals surface area contributed by atoms with Crippen molar-refractivity contribution in [3.63, 3.8) is 0 Å². The van der Waals surface area contributed by atoms with Crippen molar-refractivity contribution in [3.05, 3.63) is 59.3 Å². The van der Waals surface area contributed by atoms with Gasteiger partial charge in [-0.1, -0.05) is 12.1 Å². The SMILES string of the molecule is C=CCN(CC(=O)NCc1cccs1)S(=O)(=O)c1ccc(NC(C)=O)cc1. The van der Waals surface area contributed by atoms with Gasteiger partial charge in [0.25, 0.3) is 0 Å². The molecule has 0 fully saturated rings. The fraction of sp³-hybridized carbons (Fsp3) is 0.222. The monoisotopic (exact) mass is 407 g/mol. The number of amides is 2. The smallest absolute Gasteiger partial charge is 0.243 e. The highest BCUT2D eigenvalue weighted by molar-refractivity contribution is 7.89. The Morgan fingerprint density at radius 3 is 2.48 bits per heavy atom. The number of nitrogens with one attached hydrogen (secondary N) is 2. The quantitative estimate of drug-likeness (QED) is 0.623. The Balaban J connectivity index is 2.09. The van der Waals surface area contributed by atoms with Crippen LogP contribution in [0, 0.1) is 0 Å². The van der Waals surface area contributed by atoms with Crippen LogP contribution in [0.15, 0.2) is 59.3 Å². The molecule has 2 aromatic rings. The van der Waals surface area contributed by atoms with Gasteiger partial charge in [0.2, 0.25) is 21.8 Å². The minimum Gasteiger partial charge on any atom is -0.350 e. The van der Waals surface area contributed by atoms with Crippen molar-refractivity contribution in [1.82, 2.24) is 9.62 Å². The van der Waals surface area contributed by atoms with E-state index in [9.17, 15) is 18.0 Å². The van der Waals surface area contributed by atoms with Gasteiger partial charge in [-0.2, -0.15) is 4.31 Å². The molecule has 2 rings (SSSR count). The molecule has 0 aliphatic heterocycles. The molecule has 0 saturated carbocycles. The number of nitrogens with zero attached hydrogens (tertiary/aromatic N) is 1. The Bertz CT molecular complexity index is 891. The molecular weight excluding hydrogens is 386 g/mol. The summed E-state index contributed by atoms with van der Waals surface area (Å²) in [6.07, 6.45) is 1.43. The van der Waals surface area contributed by atoms with Gasteiger partial charge in [0, 0.05) is 24.0 Å². The highest BCUT2D eigenvalue weighted by Gasteiger charge is 2.25. The van der Waals surface area contributed by atoms with E-state index in [4.69, 9.17) is 0 Å². The van der Waals surface area contributed by atoms with Crippen molar-refractivity contribution >= 4 is 38.9 Å². The third kappa shape index (κ3) is 6.02. The van der Waals surface area contributed by atoms with Gasteiger partial charge >= 0.3 is 0 Å². The highest BCUT2D eigenvalue weighted by atomic mass is 32.2. The van der Waals surface area contributed by atoms with Gasteiger partial charge in [-0.25, -0.2) is 8.42 Å². The van der Waals surface area contributed by atoms with E-state index >= 15 is 0 Å². The fourth-order valence-electron chi connectivity index (χ4n) is 2.27. The van der Waals surface area contributed by atoms with Gasteiger partial charge in [0.05, 0.1) is 18.0 Å². The average Bonchev–Trinajstić information content (AvgIpc) is 3.13. The minimum absolute atomic E-state index is 0.00219. The van der Waals surface area contributed by atoms with E-state index in [1.54, 1.807) is 0 Å². The summed E-state index contributed by atoms with van der Waals surface area (Å²) in [5.41, 5.74) is 0.491. The summed E-state index contributed by atoms with van der Waals surface area (Å²) in [5, 5.41) is 7.19. The average molecular weight is 408 g/mol. The summed E-state index contributed by atoms with van der Waals surface area (Å²) >= 11 is 1.51. The molecule has 0 saturated heterocycles. The number of anilines is 1. The maximum Gasteiger partial charge on any atom is 0.243 e. The fourth-order valence-corrected chi connectivity index (χ4v) is 4.28. The maximum atomic E-state index is 12.8. The van der Waals surface area contributed by atoms with E-state index < -0.39 is 15.9 Å². The number of benzene rings is 1. The summed E-state index contributed by atoms with van der Waals surface area (Å²) in [4.78, 5) is 24.3. The van der Waals surface area contributed by atoms with Crippen LogP contribution >= 0.6 is 11.3 Å². The first-order valence-electron chi connectivity index (χ1n) is 8.10. The Hall–Kier alpha value is -2.49. The number of carbonyl (C=O) groups excluding carboxylic acids is 2. The zero-order chi connectivity index (χ0) is 19.9. The molecule has 0 atom stereocenters. The molecule has 1 aromatic heterocycles. The van der Waals surface area contributed by atoms with Gasteiger partial charge in [-0.15, -0.1) is 17.9 Å². The summed E-state index contributed by atoms with van der Waals surface area (Å²) in [6, 6.07) is 9.54. The summed E-state index contributed by atoms with van der Waals surface area (Å²) in [6.45, 7) is 4.97. The largest absolute Gasteiger partial charge is 0.350 e. The number of rotatable bonds is 9. The molecule has 2 N–H and O–H groups in total. The van der Waals surface area contributed by atoms with E-state index in [0.717, 1.165) is 9.18 Å². The molecule has 0 radical (unpaired) electrons. The lowest BCUT2D eigenvalue weighted by Gasteiger charge is -2.20. The summed E-state index contributed by atoms with van der Waals surface area (Å²) in [7, 11) is -3.88. The molecule has 0 aliphatic carbocycles. The molecule has 2 amide bonds. The Morgan fingerprint density at radius 2 is 1.93 bits per heavy atom. The molecule has 27 heavy (non-hydrogen) atoms. The normalized spacial score (nSPS) is 11.2. The third-order valence-corrected chi connectivity index (χ3v) is 6.21. The lowest BCUT2D eigenvalue weighted by atomic mass is 10.3. The van der Waals surface area contributed by atoms with Crippen LogP contribution in [0.4, 0.5) is 5.69 Å². The Kier molecular flexibility index (Phi) is 7.28. The van der Waals surface area contributed by atoms with E-state index in [1.807, 2.05) is 17.5 Å². The van der Waals surface area contributed by atoms with Gasteiger partial charge in [0.15, 0.2) is 0 Å². The molecular formula is C18H21N3O4S2. The van der Waals surface area contributed by atoms with Crippen molar-refractivity contribution < 1.29 is 18.0 Å². The number of sulfonamides is 1. The maximum absolute atomic E-state index is 12.8. The first-order chi connectivity index (χ1) is 12.8. The van der Waals surface area contributed by atoms with E-state index in [1.165, 1.54) is 48.6 Å². The number of hydrogen-bond donors (Lipinski definition) is 2. The number of hydrogen-bond acceptors (Lipinski definition) is 5. The first-order valence-corrected chi connectivity index (χ1v) is 10.4. The molecule has 144 valence electrons. The van der Waals surface area contributed by atoms with E-state index in [0.29, 0.717) is 12.2 Å². The minimum atomic E-state index is -3.88. The number of thiophene rings is 1. The van der Waals surface area contributed by atoms with Gasteiger partial charge < -0.3 is 10.6 Å². The van der Waals surface area contributed by atoms with E-state index in [2.05, 4.69) is 17.2 Å². The van der Waals surface area contributed by atoms with Crippen LogP contribution in [0.5, 0.6) is 0 Å². The second-order valence-electron chi connectivity index (χ2n) is 5.65. The zero-order valence-electron chi connectivity index (χ0n) is 14.8. The van der Waals surface area contributed by atoms with Crippen molar-refractivity contribution in [2.45, 2.75) is 18.4 Å². The predicted molar refractivity (Wildman–Crippen MR) is 106 cm³/mol. The number of carbonyl (C=O) groups is 2. The van der Waals surface area contributed by atoms with Gasteiger partial charge in [-0.05, 0) is 35.7 Å². The molecule has 1 heterocycles. The van der Waals surface area contributed by atoms with Crippen LogP contribution in [-0.4, -0.2) is 37.6 Å². The lowest BCUT2D eigenvalue weighted by molar-refractivity contribution is -0.121. The van der Waals surface area contributed by atoms with Crippen molar-refractivity contribution in [3.8, 4) is 0 Å². The molecule has 9 heteroatoms. The van der Waals surface area contributed by atoms with Crippen LogP contribution in [-0.2, 0) is 26.2 Å². The van der Waals surface area contributed by atoms with Crippen LogP contribution in [0.3, 0.4) is 0 Å². The Labute approximate surface area is 162 Å². The van der Waals surface area contributed by atoms with Crippen LogP contribution in [0.2, 0.25) is 0 Å².